The molecule has 0 aliphatic heterocycles. The van der Waals surface area contributed by atoms with Crippen LogP contribution >= 0.6 is 15.9 Å². The maximum absolute atomic E-state index is 10.3. The molecular weight excluding hydrogens is 194 g/mol. The number of primary sulfonamides is 1. The quantitative estimate of drug-likeness (QED) is 0.659. The number of nitrogens with two attached hydrogens (primary N) is 1. The molecule has 0 rings (SSSR count). The van der Waals surface area contributed by atoms with Crippen LogP contribution in [0.15, 0.2) is 0 Å². The van der Waals surface area contributed by atoms with E-state index in [1.807, 2.05) is 0 Å². The lowest BCUT2D eigenvalue weighted by atomic mass is 10.6. The topological polar surface area (TPSA) is 60.2 Å². The second-order valence-corrected chi connectivity index (χ2v) is 4.87. The van der Waals surface area contributed by atoms with Crippen molar-refractivity contribution < 1.29 is 8.42 Å². The molecule has 1 atom stereocenters. The minimum absolute atomic E-state index is 0.499. The number of hydrogen-bond acceptors (Lipinski definition) is 2. The molecular formula is C3H8BrNO2S. The molecule has 0 radical (unpaired) electrons. The fourth-order valence-electron chi connectivity index (χ4n) is 0.232. The molecule has 0 aliphatic rings. The standard InChI is InChI=1S/C3H8BrNO2S/c1-2-3(4)8(5,6)7/h3H,2H2,1H3,(H2,5,6,7). The molecule has 0 saturated carbocycles. The monoisotopic (exact) mass is 201 g/mol. The first-order valence-corrected chi connectivity index (χ1v) is 4.66. The van der Waals surface area contributed by atoms with Crippen molar-refractivity contribution in [3.63, 3.8) is 0 Å². The van der Waals surface area contributed by atoms with E-state index >= 15 is 0 Å². The van der Waals surface area contributed by atoms with Crippen molar-refractivity contribution in [2.24, 2.45) is 5.14 Å². The maximum Gasteiger partial charge on any atom is 0.222 e. The molecule has 1 unspecified atom stereocenters. The number of halogens is 1. The number of alkyl halides is 1. The summed E-state index contributed by atoms with van der Waals surface area (Å²) in [4.78, 5) is 0. The van der Waals surface area contributed by atoms with Gasteiger partial charge in [-0.15, -0.1) is 0 Å². The zero-order valence-electron chi connectivity index (χ0n) is 4.46. The largest absolute Gasteiger partial charge is 0.228 e. The van der Waals surface area contributed by atoms with E-state index in [-0.39, 0.29) is 0 Å². The minimum atomic E-state index is -3.34. The van der Waals surface area contributed by atoms with Gasteiger partial charge in [0, 0.05) is 0 Å². The van der Waals surface area contributed by atoms with Gasteiger partial charge in [0.1, 0.15) is 4.16 Å². The molecule has 0 aromatic rings. The summed E-state index contributed by atoms with van der Waals surface area (Å²) < 4.78 is 20.0. The molecule has 0 bridgehead atoms. The number of hydrogen-bond donors (Lipinski definition) is 1. The average Bonchev–Trinajstić information content (AvgIpc) is 1.62. The first kappa shape index (κ1) is 8.39. The first-order chi connectivity index (χ1) is 3.48. The van der Waals surface area contributed by atoms with Crippen LogP contribution in [0.1, 0.15) is 13.3 Å². The van der Waals surface area contributed by atoms with Crippen molar-refractivity contribution in [1.29, 1.82) is 0 Å². The van der Waals surface area contributed by atoms with Crippen molar-refractivity contribution >= 4 is 26.0 Å². The van der Waals surface area contributed by atoms with Gasteiger partial charge in [-0.25, -0.2) is 13.6 Å². The van der Waals surface area contributed by atoms with E-state index in [4.69, 9.17) is 5.14 Å². The van der Waals surface area contributed by atoms with Gasteiger partial charge in [0.05, 0.1) is 0 Å². The lowest BCUT2D eigenvalue weighted by Gasteiger charge is -1.99. The van der Waals surface area contributed by atoms with Crippen molar-refractivity contribution in [1.82, 2.24) is 0 Å². The highest BCUT2D eigenvalue weighted by Crippen LogP contribution is 2.07. The summed E-state index contributed by atoms with van der Waals surface area (Å²) in [6.45, 7) is 1.74. The molecule has 5 heteroatoms. The van der Waals surface area contributed by atoms with Gasteiger partial charge >= 0.3 is 0 Å². The van der Waals surface area contributed by atoms with Crippen molar-refractivity contribution in [2.45, 2.75) is 17.5 Å². The van der Waals surface area contributed by atoms with E-state index in [0.717, 1.165) is 0 Å². The molecule has 0 spiro atoms. The third kappa shape index (κ3) is 2.64. The zero-order chi connectivity index (χ0) is 6.78. The fraction of sp³-hybridized carbons (Fsp3) is 1.00. The van der Waals surface area contributed by atoms with Crippen LogP contribution in [0.4, 0.5) is 0 Å². The Morgan fingerprint density at radius 1 is 1.75 bits per heavy atom. The van der Waals surface area contributed by atoms with Gasteiger partial charge in [-0.1, -0.05) is 22.9 Å². The Labute approximate surface area is 57.4 Å². The van der Waals surface area contributed by atoms with Gasteiger partial charge < -0.3 is 0 Å². The summed E-state index contributed by atoms with van der Waals surface area (Å²) in [5.41, 5.74) is 0. The highest BCUT2D eigenvalue weighted by molar-refractivity contribution is 9.11. The molecule has 0 amide bonds. The molecule has 0 aromatic carbocycles. The Bertz CT molecular complexity index is 153. The van der Waals surface area contributed by atoms with Crippen LogP contribution in [0.5, 0.6) is 0 Å². The summed E-state index contributed by atoms with van der Waals surface area (Å²) >= 11 is 2.88. The van der Waals surface area contributed by atoms with E-state index in [1.54, 1.807) is 6.92 Å². The van der Waals surface area contributed by atoms with Crippen LogP contribution in [-0.2, 0) is 10.0 Å². The Kier molecular flexibility index (Phi) is 2.93. The van der Waals surface area contributed by atoms with Gasteiger partial charge in [0.2, 0.25) is 10.0 Å². The van der Waals surface area contributed by atoms with Gasteiger partial charge in [-0.2, -0.15) is 0 Å². The van der Waals surface area contributed by atoms with Crippen LogP contribution in [0, 0.1) is 0 Å². The molecule has 8 heavy (non-hydrogen) atoms. The zero-order valence-corrected chi connectivity index (χ0v) is 6.87. The lowest BCUT2D eigenvalue weighted by Crippen LogP contribution is -2.22. The number of sulfonamides is 1. The van der Waals surface area contributed by atoms with E-state index in [2.05, 4.69) is 15.9 Å². The van der Waals surface area contributed by atoms with Crippen molar-refractivity contribution in [3.8, 4) is 0 Å². The predicted molar refractivity (Wildman–Crippen MR) is 36.1 cm³/mol. The molecule has 0 heterocycles. The number of rotatable bonds is 2. The Hall–Kier alpha value is 0.390. The van der Waals surface area contributed by atoms with E-state index in [0.29, 0.717) is 6.42 Å². The summed E-state index contributed by atoms with van der Waals surface area (Å²) in [5.74, 6) is 0. The van der Waals surface area contributed by atoms with E-state index < -0.39 is 14.2 Å². The van der Waals surface area contributed by atoms with Gasteiger partial charge in [0.15, 0.2) is 0 Å². The minimum Gasteiger partial charge on any atom is -0.228 e. The first-order valence-electron chi connectivity index (χ1n) is 2.14. The third-order valence-electron chi connectivity index (χ3n) is 0.677. The highest BCUT2D eigenvalue weighted by Gasteiger charge is 2.13. The average molecular weight is 202 g/mol. The van der Waals surface area contributed by atoms with Crippen LogP contribution in [0.2, 0.25) is 0 Å². The van der Waals surface area contributed by atoms with Crippen LogP contribution in [-0.4, -0.2) is 12.6 Å². The van der Waals surface area contributed by atoms with Crippen LogP contribution in [0.25, 0.3) is 0 Å². The van der Waals surface area contributed by atoms with Gasteiger partial charge in [-0.05, 0) is 6.42 Å². The third-order valence-corrected chi connectivity index (χ3v) is 3.93. The molecule has 3 nitrogen and oxygen atoms in total. The molecule has 0 fully saturated rings. The summed E-state index contributed by atoms with van der Waals surface area (Å²) in [5, 5.41) is 4.71. The molecule has 0 saturated heterocycles. The SMILES string of the molecule is CCC(Br)S(N)(=O)=O. The molecule has 0 aromatic heterocycles. The van der Waals surface area contributed by atoms with Crippen LogP contribution in [0.3, 0.4) is 0 Å². The summed E-state index contributed by atoms with van der Waals surface area (Å²) in [7, 11) is -3.34. The molecule has 50 valence electrons. The predicted octanol–water partition coefficient (Wildman–Crippen LogP) is 0.406. The van der Waals surface area contributed by atoms with E-state index in [9.17, 15) is 8.42 Å². The van der Waals surface area contributed by atoms with Crippen molar-refractivity contribution in [3.05, 3.63) is 0 Å². The Morgan fingerprint density at radius 2 is 2.12 bits per heavy atom. The molecule has 0 aliphatic carbocycles. The summed E-state index contributed by atoms with van der Waals surface area (Å²) in [6.07, 6.45) is 0.499. The summed E-state index contributed by atoms with van der Waals surface area (Å²) in [6, 6.07) is 0. The molecule has 2 N–H and O–H groups in total. The lowest BCUT2D eigenvalue weighted by molar-refractivity contribution is 0.594. The normalized spacial score (nSPS) is 15.9. The smallest absolute Gasteiger partial charge is 0.222 e. The van der Waals surface area contributed by atoms with Crippen molar-refractivity contribution in [2.75, 3.05) is 0 Å². The maximum atomic E-state index is 10.3. The van der Waals surface area contributed by atoms with Gasteiger partial charge in [-0.3, -0.25) is 0 Å². The van der Waals surface area contributed by atoms with E-state index in [1.165, 1.54) is 0 Å². The second-order valence-electron chi connectivity index (χ2n) is 1.41. The Balaban J connectivity index is 4.04. The van der Waals surface area contributed by atoms with Crippen LogP contribution < -0.4 is 5.14 Å². The van der Waals surface area contributed by atoms with Gasteiger partial charge in [0.25, 0.3) is 0 Å². The highest BCUT2D eigenvalue weighted by atomic mass is 79.9. The fourth-order valence-corrected chi connectivity index (χ4v) is 0.697. The second kappa shape index (κ2) is 2.80. The Morgan fingerprint density at radius 3 is 2.12 bits per heavy atom.